The molecular weight excluding hydrogens is 219 g/mol. The molecule has 1 saturated heterocycles. The van der Waals surface area contributed by atoms with E-state index in [2.05, 4.69) is 6.58 Å². The van der Waals surface area contributed by atoms with Gasteiger partial charge < -0.3 is 4.74 Å². The Morgan fingerprint density at radius 2 is 2.14 bits per heavy atom. The molecule has 2 rings (SSSR count). The van der Waals surface area contributed by atoms with Crippen molar-refractivity contribution in [2.24, 2.45) is 0 Å². The van der Waals surface area contributed by atoms with Crippen LogP contribution in [0.2, 0.25) is 10.0 Å². The van der Waals surface area contributed by atoms with Crippen LogP contribution in [0.15, 0.2) is 30.9 Å². The van der Waals surface area contributed by atoms with Gasteiger partial charge in [-0.1, -0.05) is 35.3 Å². The van der Waals surface area contributed by atoms with E-state index in [1.54, 1.807) is 6.07 Å². The van der Waals surface area contributed by atoms with Crippen LogP contribution in [-0.4, -0.2) is 6.61 Å². The predicted molar refractivity (Wildman–Crippen MR) is 58.9 cm³/mol. The van der Waals surface area contributed by atoms with Crippen molar-refractivity contribution in [3.8, 4) is 0 Å². The van der Waals surface area contributed by atoms with Crippen LogP contribution in [0.4, 0.5) is 0 Å². The van der Waals surface area contributed by atoms with Crippen molar-refractivity contribution >= 4 is 23.2 Å². The Balaban J connectivity index is 2.33. The highest BCUT2D eigenvalue weighted by molar-refractivity contribution is 6.42. The van der Waals surface area contributed by atoms with E-state index in [-0.39, 0.29) is 5.60 Å². The molecule has 1 atom stereocenters. The molecule has 1 nitrogen and oxygen atoms in total. The van der Waals surface area contributed by atoms with Gasteiger partial charge in [0.25, 0.3) is 0 Å². The molecule has 1 aromatic rings. The summed E-state index contributed by atoms with van der Waals surface area (Å²) in [5.41, 5.74) is 0.891. The Bertz CT molecular complexity index is 370. The maximum absolute atomic E-state index is 5.93. The Labute approximate surface area is 93.3 Å². The molecule has 0 spiro atoms. The molecule has 0 radical (unpaired) electrons. The van der Waals surface area contributed by atoms with Crippen LogP contribution >= 0.6 is 23.2 Å². The minimum Gasteiger partial charge on any atom is -0.364 e. The largest absolute Gasteiger partial charge is 0.364 e. The Hall–Kier alpha value is -0.500. The maximum atomic E-state index is 5.93. The lowest BCUT2D eigenvalue weighted by Crippen LogP contribution is -2.06. The summed E-state index contributed by atoms with van der Waals surface area (Å²) in [5.74, 6) is 0. The smallest absolute Gasteiger partial charge is 0.120 e. The first-order valence-corrected chi connectivity index (χ1v) is 5.14. The van der Waals surface area contributed by atoms with E-state index in [0.717, 1.165) is 18.6 Å². The molecular formula is C11H10Cl2O. The molecule has 1 aliphatic heterocycles. The molecule has 1 unspecified atom stereocenters. The fourth-order valence-corrected chi connectivity index (χ4v) is 1.80. The van der Waals surface area contributed by atoms with Crippen molar-refractivity contribution in [3.05, 3.63) is 46.5 Å². The molecule has 1 fully saturated rings. The molecule has 0 aliphatic carbocycles. The summed E-state index contributed by atoms with van der Waals surface area (Å²) in [6.45, 7) is 4.45. The molecule has 0 saturated carbocycles. The van der Waals surface area contributed by atoms with Crippen molar-refractivity contribution in [2.45, 2.75) is 12.0 Å². The van der Waals surface area contributed by atoms with Crippen LogP contribution < -0.4 is 0 Å². The van der Waals surface area contributed by atoms with Crippen LogP contribution in [0.5, 0.6) is 0 Å². The number of benzene rings is 1. The van der Waals surface area contributed by atoms with E-state index in [9.17, 15) is 0 Å². The molecule has 0 aromatic heterocycles. The minimum atomic E-state index is -0.185. The number of ether oxygens (including phenoxy) is 1. The number of rotatable bonds is 3. The van der Waals surface area contributed by atoms with Crippen LogP contribution in [0.3, 0.4) is 0 Å². The number of epoxide rings is 1. The van der Waals surface area contributed by atoms with Gasteiger partial charge in [0, 0.05) is 6.42 Å². The summed E-state index contributed by atoms with van der Waals surface area (Å²) in [5, 5.41) is 1.15. The van der Waals surface area contributed by atoms with E-state index < -0.39 is 0 Å². The summed E-state index contributed by atoms with van der Waals surface area (Å²) in [6, 6.07) is 5.61. The molecule has 0 bridgehead atoms. The van der Waals surface area contributed by atoms with Gasteiger partial charge in [0.05, 0.1) is 16.7 Å². The lowest BCUT2D eigenvalue weighted by molar-refractivity contribution is 0.310. The van der Waals surface area contributed by atoms with Crippen LogP contribution in [0, 0.1) is 0 Å². The first kappa shape index (κ1) is 10.0. The van der Waals surface area contributed by atoms with Crippen molar-refractivity contribution in [3.63, 3.8) is 0 Å². The van der Waals surface area contributed by atoms with Gasteiger partial charge in [-0.25, -0.2) is 0 Å². The molecule has 0 N–H and O–H groups in total. The topological polar surface area (TPSA) is 12.5 Å². The molecule has 74 valence electrons. The van der Waals surface area contributed by atoms with Gasteiger partial charge in [-0.15, -0.1) is 6.58 Å². The third-order valence-corrected chi connectivity index (χ3v) is 3.15. The van der Waals surface area contributed by atoms with Crippen molar-refractivity contribution in [1.29, 1.82) is 0 Å². The number of halogens is 2. The average Bonchev–Trinajstić information content (AvgIpc) is 2.91. The quantitative estimate of drug-likeness (QED) is 0.567. The van der Waals surface area contributed by atoms with Crippen molar-refractivity contribution in [1.82, 2.24) is 0 Å². The van der Waals surface area contributed by atoms with Crippen LogP contribution in [-0.2, 0) is 10.3 Å². The van der Waals surface area contributed by atoms with Crippen molar-refractivity contribution in [2.75, 3.05) is 6.61 Å². The monoisotopic (exact) mass is 228 g/mol. The molecule has 0 amide bonds. The first-order chi connectivity index (χ1) is 6.68. The Morgan fingerprint density at radius 1 is 1.43 bits per heavy atom. The first-order valence-electron chi connectivity index (χ1n) is 4.38. The highest BCUT2D eigenvalue weighted by Gasteiger charge is 2.45. The highest BCUT2D eigenvalue weighted by Crippen LogP contribution is 2.43. The summed E-state index contributed by atoms with van der Waals surface area (Å²) >= 11 is 11.8. The van der Waals surface area contributed by atoms with Crippen molar-refractivity contribution < 1.29 is 4.74 Å². The highest BCUT2D eigenvalue weighted by atomic mass is 35.5. The summed E-state index contributed by atoms with van der Waals surface area (Å²) in [4.78, 5) is 0. The zero-order chi connectivity index (χ0) is 10.2. The van der Waals surface area contributed by atoms with E-state index in [1.165, 1.54) is 0 Å². The van der Waals surface area contributed by atoms with Gasteiger partial charge in [0.2, 0.25) is 0 Å². The van der Waals surface area contributed by atoms with E-state index in [4.69, 9.17) is 27.9 Å². The Kier molecular flexibility index (Phi) is 2.56. The normalized spacial score (nSPS) is 24.7. The molecule has 14 heavy (non-hydrogen) atoms. The number of hydrogen-bond acceptors (Lipinski definition) is 1. The predicted octanol–water partition coefficient (Wildman–Crippen LogP) is 3.80. The standard InChI is InChI=1S/C11H10Cl2O/c1-2-5-11(7-14-11)8-3-4-9(12)10(13)6-8/h2-4,6H,1,5,7H2. The van der Waals surface area contributed by atoms with Gasteiger partial charge in [-0.3, -0.25) is 0 Å². The number of hydrogen-bond donors (Lipinski definition) is 0. The molecule has 3 heteroatoms. The van der Waals surface area contributed by atoms with Gasteiger partial charge in [0.15, 0.2) is 0 Å². The van der Waals surface area contributed by atoms with E-state index in [1.807, 2.05) is 18.2 Å². The average molecular weight is 229 g/mol. The van der Waals surface area contributed by atoms with Gasteiger partial charge in [-0.2, -0.15) is 0 Å². The van der Waals surface area contributed by atoms with E-state index in [0.29, 0.717) is 10.0 Å². The second-order valence-electron chi connectivity index (χ2n) is 3.40. The van der Waals surface area contributed by atoms with Crippen LogP contribution in [0.1, 0.15) is 12.0 Å². The van der Waals surface area contributed by atoms with E-state index >= 15 is 0 Å². The lowest BCUT2D eigenvalue weighted by atomic mass is 9.97. The second kappa shape index (κ2) is 3.58. The van der Waals surface area contributed by atoms with Crippen LogP contribution in [0.25, 0.3) is 0 Å². The third-order valence-electron chi connectivity index (χ3n) is 2.41. The fraction of sp³-hybridized carbons (Fsp3) is 0.273. The van der Waals surface area contributed by atoms with Gasteiger partial charge in [-0.05, 0) is 17.7 Å². The Morgan fingerprint density at radius 3 is 2.64 bits per heavy atom. The zero-order valence-corrected chi connectivity index (χ0v) is 9.11. The summed E-state index contributed by atoms with van der Waals surface area (Å²) < 4.78 is 5.44. The SMILES string of the molecule is C=CCC1(c2ccc(Cl)c(Cl)c2)CO1. The minimum absolute atomic E-state index is 0.185. The molecule has 1 aliphatic rings. The molecule has 1 heterocycles. The van der Waals surface area contributed by atoms with Gasteiger partial charge in [0.1, 0.15) is 5.60 Å². The fourth-order valence-electron chi connectivity index (χ4n) is 1.50. The zero-order valence-electron chi connectivity index (χ0n) is 7.59. The second-order valence-corrected chi connectivity index (χ2v) is 4.22. The maximum Gasteiger partial charge on any atom is 0.120 e. The van der Waals surface area contributed by atoms with Gasteiger partial charge >= 0.3 is 0 Å². The molecule has 1 aromatic carbocycles. The summed E-state index contributed by atoms with van der Waals surface area (Å²) in [6.07, 6.45) is 2.67. The lowest BCUT2D eigenvalue weighted by Gasteiger charge is -2.10. The summed E-state index contributed by atoms with van der Waals surface area (Å²) in [7, 11) is 0. The third kappa shape index (κ3) is 1.68.